The van der Waals surface area contributed by atoms with Crippen LogP contribution in [0.25, 0.3) is 0 Å². The maximum Gasteiger partial charge on any atom is 0.125 e. The van der Waals surface area contributed by atoms with Gasteiger partial charge in [0.25, 0.3) is 0 Å². The average Bonchev–Trinajstić information content (AvgIpc) is 2.77. The lowest BCUT2D eigenvalue weighted by Gasteiger charge is -2.30. The van der Waals surface area contributed by atoms with Crippen molar-refractivity contribution in [2.75, 3.05) is 25.1 Å². The van der Waals surface area contributed by atoms with Crippen LogP contribution in [0.5, 0.6) is 5.75 Å². The smallest absolute Gasteiger partial charge is 0.125 e. The number of rotatable bonds is 5. The summed E-state index contributed by atoms with van der Waals surface area (Å²) < 4.78 is 5.61. The van der Waals surface area contributed by atoms with Crippen LogP contribution in [0.15, 0.2) is 18.2 Å². The fraction of sp³-hybridized carbons (Fsp3) is 0.647. The van der Waals surface area contributed by atoms with Gasteiger partial charge in [-0.25, -0.2) is 0 Å². The molecule has 0 aliphatic carbocycles. The van der Waals surface area contributed by atoms with Crippen molar-refractivity contribution in [2.24, 2.45) is 5.92 Å². The highest BCUT2D eigenvalue weighted by molar-refractivity contribution is 5.62. The summed E-state index contributed by atoms with van der Waals surface area (Å²) in [6, 6.07) is 7.31. The standard InChI is InChI=1S/C17H28N2O/c1-6-18-14(4)17-15(8-7-9-16(17)20-5)19-11-12(2)10-13(19)3/h7-9,12-14,18H,6,10-11H2,1-5H3. The van der Waals surface area contributed by atoms with Gasteiger partial charge in [-0.15, -0.1) is 0 Å². The summed E-state index contributed by atoms with van der Waals surface area (Å²) in [4.78, 5) is 2.54. The summed E-state index contributed by atoms with van der Waals surface area (Å²) in [5.41, 5.74) is 2.62. The van der Waals surface area contributed by atoms with Gasteiger partial charge in [0, 0.05) is 29.9 Å². The number of benzene rings is 1. The first-order chi connectivity index (χ1) is 9.58. The largest absolute Gasteiger partial charge is 0.496 e. The maximum absolute atomic E-state index is 5.61. The highest BCUT2D eigenvalue weighted by Crippen LogP contribution is 2.38. The molecule has 1 aromatic carbocycles. The SMILES string of the molecule is CCNC(C)c1c(OC)cccc1N1CC(C)CC1C. The molecule has 1 aromatic rings. The Morgan fingerprint density at radius 1 is 1.40 bits per heavy atom. The Kier molecular flexibility index (Phi) is 4.92. The van der Waals surface area contributed by atoms with Gasteiger partial charge >= 0.3 is 0 Å². The van der Waals surface area contributed by atoms with E-state index in [4.69, 9.17) is 4.74 Å². The van der Waals surface area contributed by atoms with Crippen molar-refractivity contribution in [3.8, 4) is 5.75 Å². The minimum absolute atomic E-state index is 0.300. The van der Waals surface area contributed by atoms with Crippen LogP contribution in [0.4, 0.5) is 5.69 Å². The van der Waals surface area contributed by atoms with Crippen LogP contribution >= 0.6 is 0 Å². The third kappa shape index (κ3) is 2.93. The molecule has 0 bridgehead atoms. The number of anilines is 1. The molecule has 1 aliphatic rings. The molecule has 3 unspecified atom stereocenters. The second-order valence-corrected chi connectivity index (χ2v) is 6.01. The van der Waals surface area contributed by atoms with Crippen LogP contribution in [-0.2, 0) is 0 Å². The van der Waals surface area contributed by atoms with Crippen molar-refractivity contribution in [3.05, 3.63) is 23.8 Å². The van der Waals surface area contributed by atoms with E-state index < -0.39 is 0 Å². The molecule has 0 amide bonds. The molecule has 3 atom stereocenters. The predicted octanol–water partition coefficient (Wildman–Crippen LogP) is 3.60. The Morgan fingerprint density at radius 3 is 2.70 bits per heavy atom. The molecule has 2 rings (SSSR count). The molecule has 1 heterocycles. The van der Waals surface area contributed by atoms with Crippen LogP contribution in [0, 0.1) is 5.92 Å². The van der Waals surface area contributed by atoms with E-state index in [0.29, 0.717) is 12.1 Å². The third-order valence-corrected chi connectivity index (χ3v) is 4.30. The minimum atomic E-state index is 0.300. The molecule has 20 heavy (non-hydrogen) atoms. The van der Waals surface area contributed by atoms with Crippen LogP contribution in [0.3, 0.4) is 0 Å². The highest BCUT2D eigenvalue weighted by atomic mass is 16.5. The van der Waals surface area contributed by atoms with E-state index in [1.807, 2.05) is 0 Å². The average molecular weight is 276 g/mol. The first-order valence-corrected chi connectivity index (χ1v) is 7.75. The predicted molar refractivity (Wildman–Crippen MR) is 85.7 cm³/mol. The van der Waals surface area contributed by atoms with Crippen molar-refractivity contribution in [1.29, 1.82) is 0 Å². The number of hydrogen-bond donors (Lipinski definition) is 1. The number of nitrogens with one attached hydrogen (secondary N) is 1. The van der Waals surface area contributed by atoms with Crippen LogP contribution in [-0.4, -0.2) is 26.2 Å². The first kappa shape index (κ1) is 15.2. The lowest BCUT2D eigenvalue weighted by atomic mass is 10.0. The van der Waals surface area contributed by atoms with Gasteiger partial charge in [0.1, 0.15) is 5.75 Å². The molecule has 0 saturated carbocycles. The summed E-state index contributed by atoms with van der Waals surface area (Å²) in [7, 11) is 1.76. The molecule has 0 radical (unpaired) electrons. The van der Waals surface area contributed by atoms with Gasteiger partial charge in [-0.05, 0) is 44.9 Å². The normalized spacial score (nSPS) is 23.9. The molecule has 3 nitrogen and oxygen atoms in total. The van der Waals surface area contributed by atoms with Crippen LogP contribution in [0.2, 0.25) is 0 Å². The Bertz CT molecular complexity index is 447. The second kappa shape index (κ2) is 6.49. The topological polar surface area (TPSA) is 24.5 Å². The van der Waals surface area contributed by atoms with Gasteiger partial charge in [0.15, 0.2) is 0 Å². The van der Waals surface area contributed by atoms with E-state index in [9.17, 15) is 0 Å². The van der Waals surface area contributed by atoms with E-state index in [2.05, 4.69) is 56.1 Å². The van der Waals surface area contributed by atoms with Gasteiger partial charge in [0.2, 0.25) is 0 Å². The molecule has 112 valence electrons. The molecule has 1 saturated heterocycles. The zero-order chi connectivity index (χ0) is 14.7. The summed E-state index contributed by atoms with van der Waals surface area (Å²) in [6.07, 6.45) is 1.27. The second-order valence-electron chi connectivity index (χ2n) is 6.01. The quantitative estimate of drug-likeness (QED) is 0.889. The zero-order valence-electron chi connectivity index (χ0n) is 13.4. The number of methoxy groups -OCH3 is 1. The van der Waals surface area contributed by atoms with Gasteiger partial charge in [-0.1, -0.05) is 19.9 Å². The summed E-state index contributed by atoms with van der Waals surface area (Å²) in [5, 5.41) is 3.52. The van der Waals surface area contributed by atoms with Crippen molar-refractivity contribution in [1.82, 2.24) is 5.32 Å². The van der Waals surface area contributed by atoms with Gasteiger partial charge < -0.3 is 15.0 Å². The molecule has 0 aromatic heterocycles. The van der Waals surface area contributed by atoms with Crippen LogP contribution < -0.4 is 15.0 Å². The maximum atomic E-state index is 5.61. The summed E-state index contributed by atoms with van der Waals surface area (Å²) >= 11 is 0. The van der Waals surface area contributed by atoms with Crippen LogP contribution in [0.1, 0.15) is 45.7 Å². The highest BCUT2D eigenvalue weighted by Gasteiger charge is 2.29. The van der Waals surface area contributed by atoms with Crippen molar-refractivity contribution in [2.45, 2.75) is 46.2 Å². The van der Waals surface area contributed by atoms with E-state index in [0.717, 1.165) is 24.8 Å². The van der Waals surface area contributed by atoms with E-state index in [-0.39, 0.29) is 0 Å². The lowest BCUT2D eigenvalue weighted by Crippen LogP contribution is -2.29. The summed E-state index contributed by atoms with van der Waals surface area (Å²) in [5.74, 6) is 1.75. The fourth-order valence-corrected chi connectivity index (χ4v) is 3.44. The van der Waals surface area contributed by atoms with Crippen molar-refractivity contribution >= 4 is 5.69 Å². The monoisotopic (exact) mass is 276 g/mol. The minimum Gasteiger partial charge on any atom is -0.496 e. The fourth-order valence-electron chi connectivity index (χ4n) is 3.44. The van der Waals surface area contributed by atoms with Gasteiger partial charge in [-0.2, -0.15) is 0 Å². The molecular weight excluding hydrogens is 248 g/mol. The Balaban J connectivity index is 2.41. The number of nitrogens with zero attached hydrogens (tertiary/aromatic N) is 1. The number of ether oxygens (including phenoxy) is 1. The molecule has 3 heteroatoms. The Labute approximate surface area is 123 Å². The molecular formula is C17H28N2O. The van der Waals surface area contributed by atoms with Crippen molar-refractivity contribution < 1.29 is 4.74 Å². The van der Waals surface area contributed by atoms with E-state index >= 15 is 0 Å². The number of hydrogen-bond acceptors (Lipinski definition) is 3. The Morgan fingerprint density at radius 2 is 2.15 bits per heavy atom. The molecule has 1 N–H and O–H groups in total. The van der Waals surface area contributed by atoms with E-state index in [1.54, 1.807) is 7.11 Å². The molecule has 1 aliphatic heterocycles. The third-order valence-electron chi connectivity index (χ3n) is 4.30. The zero-order valence-corrected chi connectivity index (χ0v) is 13.4. The van der Waals surface area contributed by atoms with Crippen molar-refractivity contribution in [3.63, 3.8) is 0 Å². The van der Waals surface area contributed by atoms with Gasteiger partial charge in [0.05, 0.1) is 7.11 Å². The summed E-state index contributed by atoms with van der Waals surface area (Å²) in [6.45, 7) is 11.1. The van der Waals surface area contributed by atoms with Gasteiger partial charge in [-0.3, -0.25) is 0 Å². The first-order valence-electron chi connectivity index (χ1n) is 7.75. The Hall–Kier alpha value is -1.22. The molecule has 0 spiro atoms. The molecule has 1 fully saturated rings. The lowest BCUT2D eigenvalue weighted by molar-refractivity contribution is 0.402. The van der Waals surface area contributed by atoms with E-state index in [1.165, 1.54) is 17.7 Å².